The van der Waals surface area contributed by atoms with Crippen LogP contribution in [0.15, 0.2) is 17.1 Å². The topological polar surface area (TPSA) is 161 Å². The Balaban J connectivity index is 2.69. The first kappa shape index (κ1) is 18.9. The first-order valence-electron chi connectivity index (χ1n) is 6.44. The normalized spacial score (nSPS) is 12.2. The number of amidine groups is 1. The molecule has 2 aromatic rings. The smallest absolute Gasteiger partial charge is 0.323 e. The third-order valence-electron chi connectivity index (χ3n) is 3.05. The minimum absolute atomic E-state index is 0.0715. The zero-order chi connectivity index (χ0) is 18.8. The SMILES string of the molecule is COc1cc2sc(C(=NCS(=O)(=O)O)NO)cc2c([N+](=O)[O-])c1OC. The molecular weight excluding hydrogens is 378 g/mol. The highest BCUT2D eigenvalue weighted by Gasteiger charge is 2.27. The minimum atomic E-state index is -4.39. The minimum Gasteiger partial charge on any atom is -0.493 e. The maximum absolute atomic E-state index is 11.4. The van der Waals surface area contributed by atoms with Crippen LogP contribution in [0.3, 0.4) is 0 Å². The van der Waals surface area contributed by atoms with Crippen molar-refractivity contribution in [2.24, 2.45) is 4.99 Å². The Hall–Kier alpha value is -2.48. The molecule has 0 bridgehead atoms. The van der Waals surface area contributed by atoms with E-state index in [0.717, 1.165) is 11.3 Å². The number of nitro benzene ring substituents is 1. The van der Waals surface area contributed by atoms with Crippen LogP contribution in [-0.4, -0.2) is 49.0 Å². The van der Waals surface area contributed by atoms with Crippen molar-refractivity contribution in [1.82, 2.24) is 5.48 Å². The second-order valence-electron chi connectivity index (χ2n) is 4.57. The van der Waals surface area contributed by atoms with Gasteiger partial charge in [-0.15, -0.1) is 11.3 Å². The maximum Gasteiger partial charge on any atom is 0.323 e. The summed E-state index contributed by atoms with van der Waals surface area (Å²) in [6.07, 6.45) is 0. The van der Waals surface area contributed by atoms with Crippen molar-refractivity contribution >= 4 is 43.1 Å². The molecule has 1 aromatic heterocycles. The van der Waals surface area contributed by atoms with Gasteiger partial charge in [0.25, 0.3) is 10.1 Å². The Morgan fingerprint density at radius 2 is 2.08 bits per heavy atom. The Kier molecular flexibility index (Phi) is 5.42. The molecule has 0 spiro atoms. The average Bonchev–Trinajstić information content (AvgIpc) is 2.95. The summed E-state index contributed by atoms with van der Waals surface area (Å²) < 4.78 is 40.9. The van der Waals surface area contributed by atoms with E-state index in [-0.39, 0.29) is 33.3 Å². The van der Waals surface area contributed by atoms with E-state index < -0.39 is 20.9 Å². The van der Waals surface area contributed by atoms with E-state index in [9.17, 15) is 18.5 Å². The summed E-state index contributed by atoms with van der Waals surface area (Å²) >= 11 is 0.991. The molecule has 25 heavy (non-hydrogen) atoms. The summed E-state index contributed by atoms with van der Waals surface area (Å²) in [5.41, 5.74) is 1.37. The molecule has 2 rings (SSSR count). The summed E-state index contributed by atoms with van der Waals surface area (Å²) in [5.74, 6) is -1.19. The standard InChI is InChI=1S/C12H13N3O8S2/c1-22-7-4-8-6(10(15(17)18)11(7)23-2)3-9(24-8)12(14-16)13-5-25(19,20)21/h3-4,16H,5H2,1-2H3,(H,13,14)(H,19,20,21). The number of thiophene rings is 1. The third kappa shape index (κ3) is 3.96. The molecule has 0 aliphatic carbocycles. The quantitative estimate of drug-likeness (QED) is 0.217. The zero-order valence-corrected chi connectivity index (χ0v) is 14.5. The number of rotatable bonds is 6. The number of ether oxygens (including phenoxy) is 2. The van der Waals surface area contributed by atoms with Crippen LogP contribution >= 0.6 is 11.3 Å². The molecule has 1 aromatic carbocycles. The second-order valence-corrected chi connectivity index (χ2v) is 7.08. The van der Waals surface area contributed by atoms with Crippen LogP contribution in [0.4, 0.5) is 5.69 Å². The second kappa shape index (κ2) is 7.18. The monoisotopic (exact) mass is 391 g/mol. The van der Waals surface area contributed by atoms with Gasteiger partial charge in [0.1, 0.15) is 0 Å². The summed E-state index contributed by atoms with van der Waals surface area (Å²) in [4.78, 5) is 14.5. The Labute approximate surface area is 145 Å². The molecule has 0 saturated carbocycles. The van der Waals surface area contributed by atoms with Crippen molar-refractivity contribution in [3.8, 4) is 11.5 Å². The molecule has 3 N–H and O–H groups in total. The number of hydrogen-bond donors (Lipinski definition) is 3. The van der Waals surface area contributed by atoms with Crippen LogP contribution in [0.5, 0.6) is 11.5 Å². The van der Waals surface area contributed by atoms with Gasteiger partial charge >= 0.3 is 5.69 Å². The van der Waals surface area contributed by atoms with Crippen LogP contribution in [0, 0.1) is 10.1 Å². The summed E-state index contributed by atoms with van der Waals surface area (Å²) in [6.45, 7) is 0. The first-order valence-corrected chi connectivity index (χ1v) is 8.87. The van der Waals surface area contributed by atoms with Gasteiger partial charge in [-0.2, -0.15) is 8.42 Å². The summed E-state index contributed by atoms with van der Waals surface area (Å²) in [7, 11) is -1.80. The molecule has 0 amide bonds. The van der Waals surface area contributed by atoms with Crippen LogP contribution in [0.2, 0.25) is 0 Å². The van der Waals surface area contributed by atoms with Crippen molar-refractivity contribution < 1.29 is 32.6 Å². The molecule has 0 aliphatic heterocycles. The number of hydrogen-bond acceptors (Lipinski definition) is 9. The predicted molar refractivity (Wildman–Crippen MR) is 89.5 cm³/mol. The summed E-state index contributed by atoms with van der Waals surface area (Å²) in [6, 6.07) is 2.85. The van der Waals surface area contributed by atoms with Crippen molar-refractivity contribution in [1.29, 1.82) is 0 Å². The fourth-order valence-electron chi connectivity index (χ4n) is 2.08. The van der Waals surface area contributed by atoms with E-state index in [1.807, 2.05) is 0 Å². The number of fused-ring (bicyclic) bond motifs is 1. The van der Waals surface area contributed by atoms with Gasteiger partial charge in [0.15, 0.2) is 17.5 Å². The summed E-state index contributed by atoms with van der Waals surface area (Å²) in [5, 5.41) is 20.8. The Morgan fingerprint density at radius 3 is 2.56 bits per heavy atom. The number of hydroxylamine groups is 1. The third-order valence-corrected chi connectivity index (χ3v) is 4.59. The average molecular weight is 391 g/mol. The van der Waals surface area contributed by atoms with Crippen molar-refractivity contribution in [3.63, 3.8) is 0 Å². The van der Waals surface area contributed by atoms with Crippen LogP contribution in [0.25, 0.3) is 10.1 Å². The molecule has 0 fully saturated rings. The Bertz CT molecular complexity index is 951. The zero-order valence-electron chi connectivity index (χ0n) is 12.9. The van der Waals surface area contributed by atoms with Crippen LogP contribution in [0.1, 0.15) is 4.88 Å². The molecule has 0 saturated heterocycles. The van der Waals surface area contributed by atoms with Crippen molar-refractivity contribution in [2.45, 2.75) is 0 Å². The number of methoxy groups -OCH3 is 2. The largest absolute Gasteiger partial charge is 0.493 e. The van der Waals surface area contributed by atoms with E-state index in [4.69, 9.17) is 19.2 Å². The lowest BCUT2D eigenvalue weighted by atomic mass is 10.2. The molecule has 0 radical (unpaired) electrons. The van der Waals surface area contributed by atoms with E-state index in [0.29, 0.717) is 4.70 Å². The molecule has 11 nitrogen and oxygen atoms in total. The van der Waals surface area contributed by atoms with Gasteiger partial charge in [-0.25, -0.2) is 4.99 Å². The van der Waals surface area contributed by atoms with Gasteiger partial charge in [0, 0.05) is 10.8 Å². The fourth-order valence-corrected chi connectivity index (χ4v) is 3.43. The van der Waals surface area contributed by atoms with E-state index in [1.165, 1.54) is 26.4 Å². The van der Waals surface area contributed by atoms with E-state index in [1.54, 1.807) is 5.48 Å². The lowest BCUT2D eigenvalue weighted by Crippen LogP contribution is -2.20. The van der Waals surface area contributed by atoms with Gasteiger partial charge in [-0.3, -0.25) is 25.4 Å². The van der Waals surface area contributed by atoms with Crippen molar-refractivity contribution in [2.75, 3.05) is 20.1 Å². The van der Waals surface area contributed by atoms with Gasteiger partial charge < -0.3 is 9.47 Å². The highest BCUT2D eigenvalue weighted by atomic mass is 32.2. The number of nitro groups is 1. The van der Waals surface area contributed by atoms with Crippen LogP contribution < -0.4 is 15.0 Å². The molecule has 0 unspecified atom stereocenters. The lowest BCUT2D eigenvalue weighted by molar-refractivity contribution is -0.384. The number of nitrogens with one attached hydrogen (secondary N) is 1. The van der Waals surface area contributed by atoms with Gasteiger partial charge in [0.2, 0.25) is 5.75 Å². The predicted octanol–water partition coefficient (Wildman–Crippen LogP) is 1.40. The van der Waals surface area contributed by atoms with Gasteiger partial charge in [0.05, 0.1) is 29.4 Å². The number of nitrogens with zero attached hydrogens (tertiary/aromatic N) is 2. The van der Waals surface area contributed by atoms with Gasteiger partial charge in [-0.1, -0.05) is 0 Å². The fraction of sp³-hybridized carbons (Fsp3) is 0.250. The molecule has 0 aliphatic rings. The molecule has 0 atom stereocenters. The van der Waals surface area contributed by atoms with Gasteiger partial charge in [-0.05, 0) is 6.07 Å². The number of benzene rings is 1. The molecule has 1 heterocycles. The highest BCUT2D eigenvalue weighted by Crippen LogP contribution is 2.45. The molecular formula is C12H13N3O8S2. The lowest BCUT2D eigenvalue weighted by Gasteiger charge is -2.08. The molecule has 13 heteroatoms. The first-order chi connectivity index (χ1) is 11.7. The maximum atomic E-state index is 11.4. The number of aliphatic imine (C=N–C) groups is 1. The van der Waals surface area contributed by atoms with E-state index >= 15 is 0 Å². The molecule has 136 valence electrons. The van der Waals surface area contributed by atoms with E-state index in [2.05, 4.69) is 4.99 Å². The van der Waals surface area contributed by atoms with Crippen LogP contribution in [-0.2, 0) is 10.1 Å². The Morgan fingerprint density at radius 1 is 1.40 bits per heavy atom. The van der Waals surface area contributed by atoms with Crippen molar-refractivity contribution in [3.05, 3.63) is 27.1 Å². The highest BCUT2D eigenvalue weighted by molar-refractivity contribution is 7.85.